The second-order valence-electron chi connectivity index (χ2n) is 7.27. The SMILES string of the molecule is CCOC(=O)N1CCC(=C2c3ccc([N+](=O)[O-])cc3CCc3cccnc32)CC1. The number of nitro groups is 1. The maximum absolute atomic E-state index is 12.0. The fraction of sp³-hybridized carbons (Fsp3) is 0.364. The summed E-state index contributed by atoms with van der Waals surface area (Å²) in [5.74, 6) is 0. The number of benzene rings is 1. The highest BCUT2D eigenvalue weighted by atomic mass is 16.6. The van der Waals surface area contributed by atoms with Gasteiger partial charge in [0.25, 0.3) is 5.69 Å². The Morgan fingerprint density at radius 3 is 2.66 bits per heavy atom. The Balaban J connectivity index is 1.77. The molecule has 1 fully saturated rings. The average Bonchev–Trinajstić information content (AvgIpc) is 2.90. The van der Waals surface area contributed by atoms with Crippen LogP contribution in [0.15, 0.2) is 42.1 Å². The highest BCUT2D eigenvalue weighted by Crippen LogP contribution is 2.38. The van der Waals surface area contributed by atoms with Gasteiger partial charge in [0.1, 0.15) is 0 Å². The Morgan fingerprint density at radius 1 is 1.17 bits per heavy atom. The van der Waals surface area contributed by atoms with E-state index >= 15 is 0 Å². The normalized spacial score (nSPS) is 16.0. The fourth-order valence-corrected chi connectivity index (χ4v) is 4.19. The van der Waals surface area contributed by atoms with Gasteiger partial charge in [0.2, 0.25) is 0 Å². The Kier molecular flexibility index (Phi) is 5.29. The molecule has 150 valence electrons. The number of aromatic nitrogens is 1. The maximum Gasteiger partial charge on any atom is 0.409 e. The van der Waals surface area contributed by atoms with Crippen molar-refractivity contribution >= 4 is 17.4 Å². The van der Waals surface area contributed by atoms with Gasteiger partial charge in [-0.3, -0.25) is 15.1 Å². The molecule has 1 aliphatic heterocycles. The van der Waals surface area contributed by atoms with Gasteiger partial charge in [-0.15, -0.1) is 0 Å². The van der Waals surface area contributed by atoms with E-state index in [2.05, 4.69) is 11.1 Å². The number of hydrogen-bond acceptors (Lipinski definition) is 5. The third-order valence-corrected chi connectivity index (χ3v) is 5.61. The van der Waals surface area contributed by atoms with Crippen molar-refractivity contribution in [3.05, 3.63) is 74.6 Å². The van der Waals surface area contributed by atoms with E-state index in [0.717, 1.165) is 53.6 Å². The summed E-state index contributed by atoms with van der Waals surface area (Å²) in [6.45, 7) is 3.37. The summed E-state index contributed by atoms with van der Waals surface area (Å²) in [7, 11) is 0. The third kappa shape index (κ3) is 3.72. The number of non-ortho nitro benzene ring substituents is 1. The number of carbonyl (C=O) groups is 1. The van der Waals surface area contributed by atoms with E-state index in [1.165, 1.54) is 5.57 Å². The number of piperidine rings is 1. The van der Waals surface area contributed by atoms with Crippen LogP contribution in [0.4, 0.5) is 10.5 Å². The van der Waals surface area contributed by atoms with Gasteiger partial charge in [-0.25, -0.2) is 4.79 Å². The minimum absolute atomic E-state index is 0.115. The third-order valence-electron chi connectivity index (χ3n) is 5.61. The van der Waals surface area contributed by atoms with E-state index in [1.807, 2.05) is 12.1 Å². The van der Waals surface area contributed by atoms with E-state index in [1.54, 1.807) is 30.2 Å². The van der Waals surface area contributed by atoms with Crippen molar-refractivity contribution in [1.82, 2.24) is 9.88 Å². The van der Waals surface area contributed by atoms with Crippen LogP contribution in [0.3, 0.4) is 0 Å². The molecule has 0 unspecified atom stereocenters. The molecule has 2 aliphatic rings. The topological polar surface area (TPSA) is 85.6 Å². The lowest BCUT2D eigenvalue weighted by atomic mass is 9.88. The Bertz CT molecular complexity index is 989. The van der Waals surface area contributed by atoms with E-state index in [-0.39, 0.29) is 16.7 Å². The molecule has 1 amide bonds. The van der Waals surface area contributed by atoms with Gasteiger partial charge in [0.15, 0.2) is 0 Å². The molecule has 0 saturated carbocycles. The second kappa shape index (κ2) is 8.03. The molecule has 1 saturated heterocycles. The van der Waals surface area contributed by atoms with Crippen molar-refractivity contribution in [2.45, 2.75) is 32.6 Å². The molecular weight excluding hydrogens is 370 g/mol. The van der Waals surface area contributed by atoms with E-state index in [9.17, 15) is 14.9 Å². The second-order valence-corrected chi connectivity index (χ2v) is 7.27. The summed E-state index contributed by atoms with van der Waals surface area (Å²) in [5.41, 5.74) is 6.54. The zero-order chi connectivity index (χ0) is 20.4. The van der Waals surface area contributed by atoms with Gasteiger partial charge >= 0.3 is 6.09 Å². The standard InChI is InChI=1S/C22H23N3O4/c1-2-29-22(26)24-12-9-15(10-13-24)20-19-8-7-18(25(27)28)14-17(19)6-5-16-4-3-11-23-21(16)20/h3-4,7-8,11,14H,2,5-6,9-10,12-13H2,1H3. The van der Waals surface area contributed by atoms with Crippen molar-refractivity contribution < 1.29 is 14.5 Å². The molecule has 7 heteroatoms. The van der Waals surface area contributed by atoms with Gasteiger partial charge in [-0.2, -0.15) is 0 Å². The first kappa shape index (κ1) is 19.1. The summed E-state index contributed by atoms with van der Waals surface area (Å²) in [5, 5.41) is 11.3. The van der Waals surface area contributed by atoms with Crippen molar-refractivity contribution in [1.29, 1.82) is 0 Å². The maximum atomic E-state index is 12.0. The summed E-state index contributed by atoms with van der Waals surface area (Å²) in [4.78, 5) is 29.4. The zero-order valence-electron chi connectivity index (χ0n) is 16.4. The van der Waals surface area contributed by atoms with E-state index < -0.39 is 0 Å². The summed E-state index contributed by atoms with van der Waals surface area (Å²) < 4.78 is 5.12. The molecule has 1 aliphatic carbocycles. The lowest BCUT2D eigenvalue weighted by Gasteiger charge is -2.29. The predicted octanol–water partition coefficient (Wildman–Crippen LogP) is 4.14. The number of hydrogen-bond donors (Lipinski definition) is 0. The number of amides is 1. The van der Waals surface area contributed by atoms with Gasteiger partial charge in [0.05, 0.1) is 17.2 Å². The minimum atomic E-state index is -0.346. The van der Waals surface area contributed by atoms with Crippen LogP contribution < -0.4 is 0 Å². The lowest BCUT2D eigenvalue weighted by Crippen LogP contribution is -2.37. The predicted molar refractivity (Wildman–Crippen MR) is 109 cm³/mol. The van der Waals surface area contributed by atoms with Crippen LogP contribution in [0.2, 0.25) is 0 Å². The van der Waals surface area contributed by atoms with Crippen molar-refractivity contribution in [2.24, 2.45) is 0 Å². The first-order chi connectivity index (χ1) is 14.1. The van der Waals surface area contributed by atoms with Gasteiger partial charge in [-0.1, -0.05) is 11.6 Å². The molecule has 0 N–H and O–H groups in total. The highest BCUT2D eigenvalue weighted by molar-refractivity contribution is 5.85. The number of ether oxygens (including phenoxy) is 1. The van der Waals surface area contributed by atoms with Gasteiger partial charge < -0.3 is 9.64 Å². The van der Waals surface area contributed by atoms with Crippen LogP contribution in [-0.4, -0.2) is 40.6 Å². The van der Waals surface area contributed by atoms with E-state index in [4.69, 9.17) is 4.74 Å². The van der Waals surface area contributed by atoms with Crippen LogP contribution >= 0.6 is 0 Å². The summed E-state index contributed by atoms with van der Waals surface area (Å²) in [6, 6.07) is 9.13. The Hall–Kier alpha value is -3.22. The number of nitro benzene ring substituents is 1. The molecule has 29 heavy (non-hydrogen) atoms. The van der Waals surface area contributed by atoms with Gasteiger partial charge in [0, 0.05) is 37.0 Å². The smallest absolute Gasteiger partial charge is 0.409 e. The van der Waals surface area contributed by atoms with Crippen molar-refractivity contribution in [2.75, 3.05) is 19.7 Å². The lowest BCUT2D eigenvalue weighted by molar-refractivity contribution is -0.384. The minimum Gasteiger partial charge on any atom is -0.450 e. The van der Waals surface area contributed by atoms with Crippen LogP contribution in [0.5, 0.6) is 0 Å². The molecule has 0 bridgehead atoms. The summed E-state index contributed by atoms with van der Waals surface area (Å²) in [6.07, 6.45) is 4.53. The number of nitrogens with zero attached hydrogens (tertiary/aromatic N) is 3. The number of carbonyl (C=O) groups excluding carboxylic acids is 1. The molecule has 1 aromatic carbocycles. The highest BCUT2D eigenvalue weighted by Gasteiger charge is 2.27. The number of fused-ring (bicyclic) bond motifs is 2. The van der Waals surface area contributed by atoms with Crippen LogP contribution in [0, 0.1) is 10.1 Å². The zero-order valence-corrected chi connectivity index (χ0v) is 16.4. The van der Waals surface area contributed by atoms with Gasteiger partial charge in [-0.05, 0) is 61.4 Å². The first-order valence-corrected chi connectivity index (χ1v) is 9.94. The summed E-state index contributed by atoms with van der Waals surface area (Å²) >= 11 is 0. The van der Waals surface area contributed by atoms with Crippen molar-refractivity contribution in [3.8, 4) is 0 Å². The number of likely N-dealkylation sites (tertiary alicyclic amines) is 1. The number of pyridine rings is 1. The largest absolute Gasteiger partial charge is 0.450 e. The molecule has 1 aromatic heterocycles. The molecule has 0 radical (unpaired) electrons. The van der Waals surface area contributed by atoms with Crippen LogP contribution in [0.25, 0.3) is 5.57 Å². The molecular formula is C22H23N3O4. The molecule has 4 rings (SSSR count). The fourth-order valence-electron chi connectivity index (χ4n) is 4.19. The average molecular weight is 393 g/mol. The monoisotopic (exact) mass is 393 g/mol. The Labute approximate surface area is 169 Å². The van der Waals surface area contributed by atoms with Crippen LogP contribution in [0.1, 0.15) is 42.1 Å². The number of rotatable bonds is 2. The first-order valence-electron chi connectivity index (χ1n) is 9.94. The molecule has 0 spiro atoms. The molecule has 2 heterocycles. The Morgan fingerprint density at radius 2 is 1.93 bits per heavy atom. The molecule has 7 nitrogen and oxygen atoms in total. The number of aryl methyl sites for hydroxylation is 2. The van der Waals surface area contributed by atoms with E-state index in [0.29, 0.717) is 19.7 Å². The molecule has 2 aromatic rings. The quantitative estimate of drug-likeness (QED) is 0.565. The van der Waals surface area contributed by atoms with Crippen LogP contribution in [-0.2, 0) is 17.6 Å². The molecule has 0 atom stereocenters. The van der Waals surface area contributed by atoms with Crippen molar-refractivity contribution in [3.63, 3.8) is 0 Å².